The first-order chi connectivity index (χ1) is 7.87. The molecule has 0 heterocycles. The Kier molecular flexibility index (Phi) is 4.27. The fourth-order valence-corrected chi connectivity index (χ4v) is 1.64. The van der Waals surface area contributed by atoms with Crippen LogP contribution >= 0.6 is 15.9 Å². The van der Waals surface area contributed by atoms with E-state index in [-0.39, 0.29) is 12.3 Å². The van der Waals surface area contributed by atoms with E-state index in [9.17, 15) is 10.1 Å². The lowest BCUT2D eigenvalue weighted by molar-refractivity contribution is -0.385. The fourth-order valence-electron chi connectivity index (χ4n) is 1.12. The van der Waals surface area contributed by atoms with Gasteiger partial charge in [-0.15, -0.1) is 6.42 Å². The highest BCUT2D eigenvalue weighted by atomic mass is 79.9. The van der Waals surface area contributed by atoms with Gasteiger partial charge in [0, 0.05) is 6.07 Å². The van der Waals surface area contributed by atoms with Crippen LogP contribution in [0.4, 0.5) is 5.69 Å². The van der Waals surface area contributed by atoms with E-state index in [4.69, 9.17) is 11.2 Å². The quantitative estimate of drug-likeness (QED) is 0.487. The summed E-state index contributed by atoms with van der Waals surface area (Å²) in [7, 11) is 0. The number of nitro benzene ring substituents is 1. The summed E-state index contributed by atoms with van der Waals surface area (Å²) in [5.41, 5.74) is 0.0245. The van der Waals surface area contributed by atoms with Crippen molar-refractivity contribution in [3.05, 3.63) is 38.3 Å². The Balaban J connectivity index is 2.91. The molecule has 1 aromatic carbocycles. The number of hydrogen-bond acceptors (Lipinski definition) is 3. The Hall–Kier alpha value is -1.38. The Morgan fingerprint density at radius 2 is 2.24 bits per heavy atom. The third kappa shape index (κ3) is 3.55. The van der Waals surface area contributed by atoms with Gasteiger partial charge in [-0.25, -0.2) is 0 Å². The van der Waals surface area contributed by atoms with Gasteiger partial charge in [-0.2, -0.15) is 0 Å². The molecule has 0 atom stereocenters. The lowest BCUT2D eigenvalue weighted by Gasteiger charge is -2.18. The first-order valence-corrected chi connectivity index (χ1v) is 5.70. The van der Waals surface area contributed by atoms with E-state index < -0.39 is 10.5 Å². The molecule has 4 nitrogen and oxygen atoms in total. The Morgan fingerprint density at radius 3 is 2.76 bits per heavy atom. The molecule has 0 amide bonds. The van der Waals surface area contributed by atoms with Crippen molar-refractivity contribution in [2.24, 2.45) is 0 Å². The first-order valence-electron chi connectivity index (χ1n) is 4.91. The van der Waals surface area contributed by atoms with Crippen molar-refractivity contribution < 1.29 is 9.66 Å². The fraction of sp³-hybridized carbons (Fsp3) is 0.333. The molecule has 0 aliphatic rings. The number of terminal acetylenes is 1. The molecule has 0 aliphatic heterocycles. The van der Waals surface area contributed by atoms with Gasteiger partial charge >= 0.3 is 0 Å². The van der Waals surface area contributed by atoms with Crippen LogP contribution in [0, 0.1) is 22.5 Å². The molecule has 90 valence electrons. The highest BCUT2D eigenvalue weighted by molar-refractivity contribution is 9.10. The molecule has 0 bridgehead atoms. The van der Waals surface area contributed by atoms with Gasteiger partial charge in [0.2, 0.25) is 0 Å². The second kappa shape index (κ2) is 5.30. The molecule has 0 saturated heterocycles. The summed E-state index contributed by atoms with van der Waals surface area (Å²) in [6, 6.07) is 4.80. The topological polar surface area (TPSA) is 52.4 Å². The van der Waals surface area contributed by atoms with Gasteiger partial charge < -0.3 is 4.74 Å². The second-order valence-electron chi connectivity index (χ2n) is 3.95. The van der Waals surface area contributed by atoms with Crippen LogP contribution in [0.3, 0.4) is 0 Å². The molecule has 0 fully saturated rings. The van der Waals surface area contributed by atoms with Crippen molar-refractivity contribution in [2.75, 3.05) is 0 Å². The van der Waals surface area contributed by atoms with Crippen molar-refractivity contribution >= 4 is 21.6 Å². The summed E-state index contributed by atoms with van der Waals surface area (Å²) in [6.07, 6.45) is 5.29. The van der Waals surface area contributed by atoms with E-state index >= 15 is 0 Å². The number of nitro groups is 1. The summed E-state index contributed by atoms with van der Waals surface area (Å²) in [6.45, 7) is 3.75. The van der Waals surface area contributed by atoms with Crippen LogP contribution < -0.4 is 0 Å². The second-order valence-corrected chi connectivity index (χ2v) is 4.74. The van der Waals surface area contributed by atoms with Crippen LogP contribution in [-0.2, 0) is 11.3 Å². The van der Waals surface area contributed by atoms with Gasteiger partial charge in [0.15, 0.2) is 0 Å². The molecular weight excluding hydrogens is 286 g/mol. The molecule has 1 aromatic rings. The van der Waals surface area contributed by atoms with Gasteiger partial charge in [-0.3, -0.25) is 10.1 Å². The zero-order chi connectivity index (χ0) is 13.1. The molecule has 0 aliphatic carbocycles. The van der Waals surface area contributed by atoms with Crippen molar-refractivity contribution in [3.63, 3.8) is 0 Å². The molecule has 0 aromatic heterocycles. The van der Waals surface area contributed by atoms with Crippen LogP contribution in [-0.4, -0.2) is 10.5 Å². The minimum atomic E-state index is -0.690. The summed E-state index contributed by atoms with van der Waals surface area (Å²) in [5, 5.41) is 10.7. The molecule has 0 N–H and O–H groups in total. The van der Waals surface area contributed by atoms with E-state index in [2.05, 4.69) is 21.9 Å². The molecular formula is C12H12BrNO3. The van der Waals surface area contributed by atoms with E-state index in [0.29, 0.717) is 10.0 Å². The first kappa shape index (κ1) is 13.7. The van der Waals surface area contributed by atoms with E-state index in [1.807, 2.05) is 0 Å². The van der Waals surface area contributed by atoms with Gasteiger partial charge in [-0.1, -0.05) is 18.1 Å². The number of benzene rings is 1. The van der Waals surface area contributed by atoms with Crippen LogP contribution in [0.15, 0.2) is 22.7 Å². The molecule has 0 radical (unpaired) electrons. The Morgan fingerprint density at radius 1 is 1.59 bits per heavy atom. The van der Waals surface area contributed by atoms with Crippen molar-refractivity contribution in [1.29, 1.82) is 0 Å². The third-order valence-electron chi connectivity index (χ3n) is 2.19. The number of ether oxygens (including phenoxy) is 1. The average molecular weight is 298 g/mol. The molecule has 5 heteroatoms. The summed E-state index contributed by atoms with van der Waals surface area (Å²) in [4.78, 5) is 10.3. The maximum absolute atomic E-state index is 10.7. The highest BCUT2D eigenvalue weighted by Gasteiger charge is 2.18. The van der Waals surface area contributed by atoms with Crippen LogP contribution in [0.2, 0.25) is 0 Å². The van der Waals surface area contributed by atoms with Crippen LogP contribution in [0.1, 0.15) is 19.4 Å². The summed E-state index contributed by atoms with van der Waals surface area (Å²) in [5.74, 6) is 2.50. The SMILES string of the molecule is C#CC(C)(C)OCc1cccc([N+](=O)[O-])c1Br. The summed E-state index contributed by atoms with van der Waals surface area (Å²) >= 11 is 3.20. The highest BCUT2D eigenvalue weighted by Crippen LogP contribution is 2.29. The van der Waals surface area contributed by atoms with Crippen molar-refractivity contribution in [2.45, 2.75) is 26.1 Å². The maximum atomic E-state index is 10.7. The van der Waals surface area contributed by atoms with Gasteiger partial charge in [0.1, 0.15) is 10.1 Å². The lowest BCUT2D eigenvalue weighted by atomic mass is 10.1. The van der Waals surface area contributed by atoms with Crippen LogP contribution in [0.25, 0.3) is 0 Å². The van der Waals surface area contributed by atoms with E-state index in [1.54, 1.807) is 26.0 Å². The number of halogens is 1. The Bertz CT molecular complexity index is 477. The normalized spacial score (nSPS) is 10.9. The predicted octanol–water partition coefficient (Wildman–Crippen LogP) is 3.29. The van der Waals surface area contributed by atoms with E-state index in [0.717, 1.165) is 0 Å². The average Bonchev–Trinajstić information content (AvgIpc) is 2.27. The van der Waals surface area contributed by atoms with Crippen LogP contribution in [0.5, 0.6) is 0 Å². The zero-order valence-electron chi connectivity index (χ0n) is 9.57. The largest absolute Gasteiger partial charge is 0.358 e. The van der Waals surface area contributed by atoms with E-state index in [1.165, 1.54) is 6.07 Å². The molecule has 0 unspecified atom stereocenters. The number of hydrogen-bond donors (Lipinski definition) is 0. The predicted molar refractivity (Wildman–Crippen MR) is 68.5 cm³/mol. The number of rotatable bonds is 4. The minimum Gasteiger partial charge on any atom is -0.358 e. The molecule has 1 rings (SSSR count). The summed E-state index contributed by atoms with van der Waals surface area (Å²) < 4.78 is 5.92. The van der Waals surface area contributed by atoms with Gasteiger partial charge in [-0.05, 0) is 35.3 Å². The van der Waals surface area contributed by atoms with Crippen molar-refractivity contribution in [3.8, 4) is 12.3 Å². The maximum Gasteiger partial charge on any atom is 0.283 e. The van der Waals surface area contributed by atoms with Gasteiger partial charge in [0.05, 0.1) is 11.5 Å². The molecule has 0 spiro atoms. The lowest BCUT2D eigenvalue weighted by Crippen LogP contribution is -2.21. The molecule has 17 heavy (non-hydrogen) atoms. The third-order valence-corrected chi connectivity index (χ3v) is 3.11. The molecule has 0 saturated carbocycles. The zero-order valence-corrected chi connectivity index (χ0v) is 11.2. The number of nitrogens with zero attached hydrogens (tertiary/aromatic N) is 1. The standard InChI is InChI=1S/C12H12BrNO3/c1-4-12(2,3)17-8-9-6-5-7-10(11(9)13)14(15)16/h1,5-7H,8H2,2-3H3. The van der Waals surface area contributed by atoms with Crippen molar-refractivity contribution in [1.82, 2.24) is 0 Å². The monoisotopic (exact) mass is 297 g/mol. The minimum absolute atomic E-state index is 0.0182. The van der Waals surface area contributed by atoms with Gasteiger partial charge in [0.25, 0.3) is 5.69 Å². The Labute approximate surface area is 108 Å². The smallest absolute Gasteiger partial charge is 0.283 e.